The van der Waals surface area contributed by atoms with Gasteiger partial charge in [0.25, 0.3) is 11.5 Å². The molecule has 0 fully saturated rings. The molecule has 2 N–H and O–H groups in total. The molecule has 0 amide bonds. The van der Waals surface area contributed by atoms with E-state index in [9.17, 15) is 36.6 Å². The fourth-order valence-corrected chi connectivity index (χ4v) is 5.19. The molecule has 2 aromatic carbocycles. The first-order valence-corrected chi connectivity index (χ1v) is 13.4. The van der Waals surface area contributed by atoms with E-state index in [-0.39, 0.29) is 0 Å². The maximum Gasteiger partial charge on any atom is 0.625 e. The van der Waals surface area contributed by atoms with Crippen LogP contribution in [-0.4, -0.2) is 26.5 Å². The second-order valence-corrected chi connectivity index (χ2v) is 10.6. The highest BCUT2D eigenvalue weighted by Crippen LogP contribution is 2.66. The van der Waals surface area contributed by atoms with Gasteiger partial charge in [0.2, 0.25) is 22.7 Å². The van der Waals surface area contributed by atoms with Crippen molar-refractivity contribution in [2.45, 2.75) is 0 Å². The molecule has 0 spiro atoms. The van der Waals surface area contributed by atoms with Crippen LogP contribution in [0.15, 0.2) is 21.3 Å². The van der Waals surface area contributed by atoms with Crippen LogP contribution in [0.1, 0.15) is 5.56 Å². The van der Waals surface area contributed by atoms with Crippen molar-refractivity contribution in [1.29, 1.82) is 5.26 Å². The van der Waals surface area contributed by atoms with E-state index in [0.29, 0.717) is 0 Å². The van der Waals surface area contributed by atoms with E-state index in [1.807, 2.05) is 0 Å². The molecule has 38 heavy (non-hydrogen) atoms. The Labute approximate surface area is 207 Å². The van der Waals surface area contributed by atoms with Gasteiger partial charge in [-0.05, 0) is 20.8 Å². The molecule has 8 rings (SSSR count). The van der Waals surface area contributed by atoms with Gasteiger partial charge in [-0.25, -0.2) is 4.57 Å². The van der Waals surface area contributed by atoms with Crippen molar-refractivity contribution < 1.29 is 76.7 Å². The average molecular weight is 593 g/mol. The van der Waals surface area contributed by atoms with Gasteiger partial charge in [-0.2, -0.15) is 22.1 Å². The number of nitriles is 1. The normalized spacial score (nSPS) is 20.4. The van der Waals surface area contributed by atoms with Gasteiger partial charge in [0, 0.05) is 5.56 Å². The zero-order chi connectivity index (χ0) is 27.2. The third-order valence-corrected chi connectivity index (χ3v) is 6.76. The Bertz CT molecular complexity index is 1970. The molecule has 1 unspecified atom stereocenters. The molecule has 6 heterocycles. The Morgan fingerprint density at radius 1 is 1.00 bits per heavy atom. The van der Waals surface area contributed by atoms with Crippen molar-refractivity contribution in [3.05, 3.63) is 27.9 Å². The third kappa shape index (κ3) is 3.56. The number of aromatic hydroxyl groups is 1. The van der Waals surface area contributed by atoms with Crippen LogP contribution < -0.4 is 33.3 Å². The molecular formula is C16H4NO18PS2. The molecule has 5 aliphatic rings. The summed E-state index contributed by atoms with van der Waals surface area (Å²) in [6.07, 6.45) is 0. The predicted molar refractivity (Wildman–Crippen MR) is 109 cm³/mol. The fraction of sp³-hybridized carbons (Fsp3) is 0. The van der Waals surface area contributed by atoms with Crippen molar-refractivity contribution in [3.63, 3.8) is 0 Å². The number of rotatable bonds is 3. The quantitative estimate of drug-likeness (QED) is 0.246. The molecule has 198 valence electrons. The molecule has 0 aliphatic carbocycles. The van der Waals surface area contributed by atoms with Crippen molar-refractivity contribution in [1.82, 2.24) is 0 Å². The van der Waals surface area contributed by atoms with Gasteiger partial charge in [-0.1, -0.05) is 4.67 Å². The van der Waals surface area contributed by atoms with Crippen LogP contribution in [0.2, 0.25) is 0 Å². The van der Waals surface area contributed by atoms with E-state index in [4.69, 9.17) is 32.5 Å². The number of hydrogen-bond donors (Lipinski definition) is 2. The molecule has 22 heteroatoms. The highest BCUT2D eigenvalue weighted by atomic mass is 32.3. The number of nitrogens with zero attached hydrogens (tertiary/aromatic N) is 1. The summed E-state index contributed by atoms with van der Waals surface area (Å²) >= 11 is 0. The van der Waals surface area contributed by atoms with Crippen LogP contribution in [0.25, 0.3) is 22.3 Å². The number of fused-ring (bicyclic) bond motifs is 1. The summed E-state index contributed by atoms with van der Waals surface area (Å²) in [7, 11) is -14.9. The molecule has 5 aliphatic heterocycles. The molecule has 1 aromatic heterocycles. The minimum atomic E-state index is -5.12. The minimum absolute atomic E-state index is 0.454. The second-order valence-electron chi connectivity index (χ2n) is 7.07. The van der Waals surface area contributed by atoms with E-state index in [1.165, 1.54) is 6.07 Å². The lowest BCUT2D eigenvalue weighted by molar-refractivity contribution is -0.171. The summed E-state index contributed by atoms with van der Waals surface area (Å²) in [5.41, 5.74) is -3.12. The number of benzene rings is 2. The first kappa shape index (κ1) is 24.1. The van der Waals surface area contributed by atoms with Crippen LogP contribution in [0.5, 0.6) is 40.2 Å². The maximum atomic E-state index is 13.5. The van der Waals surface area contributed by atoms with Crippen LogP contribution in [-0.2, 0) is 38.7 Å². The molecule has 0 radical (unpaired) electrons. The number of phosphoric ester groups is 1. The first-order valence-electron chi connectivity index (χ1n) is 9.27. The standard InChI is InChI=1S/C16H4NO18PS2/c17-3-5-4(1-2-6(8(5)18)32-37(21,22)23)10-13-9(19)7-11(26-10)15-14-16(31-36(20,30-15)33-27-13)12(7)28-34-38(24,25)35-29-14/h1-2,18H,(H,21,22,23). The first-order chi connectivity index (χ1) is 17.8. The Kier molecular flexibility index (Phi) is 4.83. The monoisotopic (exact) mass is 593 g/mol. The Morgan fingerprint density at radius 2 is 1.68 bits per heavy atom. The zero-order valence-corrected chi connectivity index (χ0v) is 19.8. The van der Waals surface area contributed by atoms with Crippen molar-refractivity contribution in [2.75, 3.05) is 0 Å². The van der Waals surface area contributed by atoms with Crippen molar-refractivity contribution in [2.24, 2.45) is 0 Å². The third-order valence-electron chi connectivity index (χ3n) is 4.83. The molecule has 19 nitrogen and oxygen atoms in total. The van der Waals surface area contributed by atoms with E-state index < -0.39 is 102 Å². The molecule has 8 bridgehead atoms. The van der Waals surface area contributed by atoms with E-state index in [1.54, 1.807) is 0 Å². The lowest BCUT2D eigenvalue weighted by Gasteiger charge is -2.26. The minimum Gasteiger partial charge on any atom is -0.503 e. The summed E-state index contributed by atoms with van der Waals surface area (Å²) < 4.78 is 100. The van der Waals surface area contributed by atoms with Gasteiger partial charge in [0.05, 0.1) is 0 Å². The lowest BCUT2D eigenvalue weighted by atomic mass is 10.0. The number of phenolic OH excluding ortho intramolecular Hbond substituents is 1. The number of hydrogen-bond acceptors (Lipinski definition) is 18. The summed E-state index contributed by atoms with van der Waals surface area (Å²) in [6.45, 7) is 0. The molecule has 0 saturated carbocycles. The van der Waals surface area contributed by atoms with Crippen LogP contribution in [0.3, 0.4) is 0 Å². The maximum absolute atomic E-state index is 13.5. The van der Waals surface area contributed by atoms with Crippen molar-refractivity contribution >= 4 is 39.6 Å². The van der Waals surface area contributed by atoms with E-state index in [2.05, 4.69) is 17.7 Å². The fourth-order valence-electron chi connectivity index (χ4n) is 3.46. The van der Waals surface area contributed by atoms with E-state index in [0.717, 1.165) is 12.1 Å². The average Bonchev–Trinajstić information content (AvgIpc) is 2.89. The molecule has 3 aromatic rings. The SMILES string of the molecule is N#Cc1c(-c2oc3c4c5c6c(c3c(=O)c2OOP(=O)(O6)O4)OOS(=O)(=O)OO5)ccc(OS(=O)(=O)O)c1O. The van der Waals surface area contributed by atoms with Gasteiger partial charge in [-0.3, -0.25) is 9.35 Å². The molecule has 1 atom stereocenters. The number of phosphoric acid groups is 1. The van der Waals surface area contributed by atoms with Gasteiger partial charge >= 0.3 is 28.6 Å². The van der Waals surface area contributed by atoms with Gasteiger partial charge < -0.3 is 37.4 Å². The van der Waals surface area contributed by atoms with Crippen LogP contribution in [0, 0.1) is 11.3 Å². The van der Waals surface area contributed by atoms with Crippen molar-refractivity contribution in [3.8, 4) is 57.6 Å². The van der Waals surface area contributed by atoms with Gasteiger partial charge in [0.1, 0.15) is 17.0 Å². The van der Waals surface area contributed by atoms with E-state index >= 15 is 0 Å². The lowest BCUT2D eigenvalue weighted by Crippen LogP contribution is -2.21. The smallest absolute Gasteiger partial charge is 0.503 e. The van der Waals surface area contributed by atoms with Gasteiger partial charge in [-0.15, -0.1) is 0 Å². The largest absolute Gasteiger partial charge is 0.625 e. The van der Waals surface area contributed by atoms with Gasteiger partial charge in [0.15, 0.2) is 22.8 Å². The van der Waals surface area contributed by atoms with Crippen LogP contribution in [0.4, 0.5) is 0 Å². The predicted octanol–water partition coefficient (Wildman–Crippen LogP) is 1.30. The Hall–Kier alpha value is -4.29. The summed E-state index contributed by atoms with van der Waals surface area (Å²) in [5, 5.41) is 19.3. The highest BCUT2D eigenvalue weighted by molar-refractivity contribution is 7.81. The summed E-state index contributed by atoms with van der Waals surface area (Å²) in [5.74, 6) is -6.76. The van der Waals surface area contributed by atoms with Crippen LogP contribution >= 0.6 is 7.82 Å². The topological polar surface area (TPSA) is 263 Å². The Morgan fingerprint density at radius 3 is 2.37 bits per heavy atom. The summed E-state index contributed by atoms with van der Waals surface area (Å²) in [6, 6.07) is 3.21. The summed E-state index contributed by atoms with van der Waals surface area (Å²) in [4.78, 5) is 27.7. The number of phenols is 1. The molecule has 0 saturated heterocycles. The Balaban J connectivity index is 1.69. The second kappa shape index (κ2) is 7.62. The molecular weight excluding hydrogens is 589 g/mol. The highest BCUT2D eigenvalue weighted by Gasteiger charge is 2.50. The zero-order valence-electron chi connectivity index (χ0n) is 17.3.